The first-order valence-electron chi connectivity index (χ1n) is 7.39. The Bertz CT molecular complexity index is 733. The number of benzene rings is 1. The average molecular weight is 339 g/mol. The first-order valence-corrected chi connectivity index (χ1v) is 9.04. The molecule has 1 unspecified atom stereocenters. The topological polar surface area (TPSA) is 91.8 Å². The summed E-state index contributed by atoms with van der Waals surface area (Å²) in [7, 11) is -3.59. The number of carboxylic acid groups (broad SMARTS) is 1. The molecule has 0 fully saturated rings. The molecule has 1 amide bonds. The lowest BCUT2D eigenvalue weighted by Crippen LogP contribution is -2.44. The van der Waals surface area contributed by atoms with Crippen molar-refractivity contribution in [2.45, 2.75) is 37.9 Å². The molecule has 1 aliphatic heterocycles. The predicted octanol–water partition coefficient (Wildman–Crippen LogP) is 1.80. The van der Waals surface area contributed by atoms with Crippen molar-refractivity contribution >= 4 is 27.4 Å². The molecule has 6 nitrogen and oxygen atoms in total. The van der Waals surface area contributed by atoms with Gasteiger partial charge in [-0.1, -0.05) is 18.2 Å². The molecular weight excluding hydrogens is 318 g/mol. The van der Waals surface area contributed by atoms with Gasteiger partial charge in [-0.3, -0.25) is 9.59 Å². The van der Waals surface area contributed by atoms with Gasteiger partial charge in [0.15, 0.2) is 9.84 Å². The Balaban J connectivity index is 2.33. The largest absolute Gasteiger partial charge is 0.481 e. The molecule has 2 rings (SSSR count). The fraction of sp³-hybridized carbons (Fsp3) is 0.500. The van der Waals surface area contributed by atoms with Crippen molar-refractivity contribution in [1.82, 2.24) is 0 Å². The number of sulfone groups is 1. The van der Waals surface area contributed by atoms with Crippen LogP contribution in [-0.4, -0.2) is 42.4 Å². The van der Waals surface area contributed by atoms with Crippen LogP contribution in [0.1, 0.15) is 38.7 Å². The highest BCUT2D eigenvalue weighted by atomic mass is 32.2. The normalized spacial score (nSPS) is 18.4. The zero-order valence-electron chi connectivity index (χ0n) is 13.4. The standard InChI is InChI=1S/C16H21NO5S/c1-16(2,3)23(21,22)10-14(18)17-9-8-12(15(19)20)11-6-4-5-7-13(11)17/h4-7,12H,8-10H2,1-3H3,(H,19,20). The highest BCUT2D eigenvalue weighted by molar-refractivity contribution is 7.93. The molecule has 1 aliphatic rings. The Morgan fingerprint density at radius 2 is 1.87 bits per heavy atom. The fourth-order valence-corrected chi connectivity index (χ4v) is 3.45. The molecule has 1 atom stereocenters. The predicted molar refractivity (Wildman–Crippen MR) is 87.3 cm³/mol. The number of amides is 1. The maximum atomic E-state index is 12.5. The Kier molecular flexibility index (Phi) is 4.52. The van der Waals surface area contributed by atoms with Crippen molar-refractivity contribution < 1.29 is 23.1 Å². The summed E-state index contributed by atoms with van der Waals surface area (Å²) >= 11 is 0. The third kappa shape index (κ3) is 3.39. The van der Waals surface area contributed by atoms with Crippen LogP contribution >= 0.6 is 0 Å². The lowest BCUT2D eigenvalue weighted by atomic mass is 9.90. The van der Waals surface area contributed by atoms with Crippen LogP contribution in [0.25, 0.3) is 0 Å². The first kappa shape index (κ1) is 17.5. The third-order valence-electron chi connectivity index (χ3n) is 4.09. The minimum Gasteiger partial charge on any atom is -0.481 e. The number of hydrogen-bond acceptors (Lipinski definition) is 4. The molecule has 0 aromatic heterocycles. The monoisotopic (exact) mass is 339 g/mol. The van der Waals surface area contributed by atoms with E-state index in [1.807, 2.05) is 0 Å². The van der Waals surface area contributed by atoms with E-state index in [0.29, 0.717) is 11.3 Å². The molecule has 0 spiro atoms. The van der Waals surface area contributed by atoms with Crippen molar-refractivity contribution in [1.29, 1.82) is 0 Å². The van der Waals surface area contributed by atoms with E-state index in [-0.39, 0.29) is 13.0 Å². The number of rotatable bonds is 3. The van der Waals surface area contributed by atoms with Gasteiger partial charge < -0.3 is 10.0 Å². The smallest absolute Gasteiger partial charge is 0.311 e. The van der Waals surface area contributed by atoms with E-state index in [9.17, 15) is 23.1 Å². The molecule has 7 heteroatoms. The van der Waals surface area contributed by atoms with Crippen LogP contribution in [0, 0.1) is 0 Å². The number of para-hydroxylation sites is 1. The highest BCUT2D eigenvalue weighted by Gasteiger charge is 2.36. The minimum atomic E-state index is -3.59. The maximum Gasteiger partial charge on any atom is 0.311 e. The number of aliphatic carboxylic acids is 1. The summed E-state index contributed by atoms with van der Waals surface area (Å²) in [4.78, 5) is 25.2. The number of hydrogen-bond donors (Lipinski definition) is 1. The molecule has 23 heavy (non-hydrogen) atoms. The molecule has 1 heterocycles. The summed E-state index contributed by atoms with van der Waals surface area (Å²) in [6.45, 7) is 4.87. The van der Waals surface area contributed by atoms with Gasteiger partial charge in [-0.05, 0) is 38.8 Å². The molecular formula is C16H21NO5S. The van der Waals surface area contributed by atoms with Crippen molar-refractivity contribution in [2.75, 3.05) is 17.2 Å². The van der Waals surface area contributed by atoms with Gasteiger partial charge in [0.05, 0.1) is 10.7 Å². The molecule has 1 N–H and O–H groups in total. The van der Waals surface area contributed by atoms with Gasteiger partial charge in [0, 0.05) is 12.2 Å². The Hall–Kier alpha value is -1.89. The van der Waals surface area contributed by atoms with Crippen LogP contribution in [0.3, 0.4) is 0 Å². The molecule has 0 bridgehead atoms. The Labute approximate surface area is 136 Å². The zero-order valence-corrected chi connectivity index (χ0v) is 14.3. The van der Waals surface area contributed by atoms with Gasteiger partial charge in [0.2, 0.25) is 5.91 Å². The van der Waals surface area contributed by atoms with E-state index < -0.39 is 38.1 Å². The summed E-state index contributed by atoms with van der Waals surface area (Å²) in [5, 5.41) is 9.30. The molecule has 0 radical (unpaired) electrons. The third-order valence-corrected chi connectivity index (χ3v) is 6.58. The van der Waals surface area contributed by atoms with Gasteiger partial charge in [-0.15, -0.1) is 0 Å². The van der Waals surface area contributed by atoms with E-state index in [4.69, 9.17) is 0 Å². The molecule has 1 aromatic carbocycles. The fourth-order valence-electron chi connectivity index (χ4n) is 2.53. The van der Waals surface area contributed by atoms with Crippen molar-refractivity contribution in [3.8, 4) is 0 Å². The van der Waals surface area contributed by atoms with Crippen LogP contribution in [-0.2, 0) is 19.4 Å². The summed E-state index contributed by atoms with van der Waals surface area (Å²) in [5.74, 6) is -2.71. The second-order valence-electron chi connectivity index (χ2n) is 6.66. The number of carboxylic acids is 1. The van der Waals surface area contributed by atoms with E-state index in [1.165, 1.54) is 4.90 Å². The van der Waals surface area contributed by atoms with Crippen LogP contribution in [0.4, 0.5) is 5.69 Å². The number of fused-ring (bicyclic) bond motifs is 1. The van der Waals surface area contributed by atoms with Crippen molar-refractivity contribution in [3.63, 3.8) is 0 Å². The van der Waals surface area contributed by atoms with Crippen LogP contribution < -0.4 is 4.90 Å². The molecule has 0 saturated carbocycles. The lowest BCUT2D eigenvalue weighted by Gasteiger charge is -2.33. The van der Waals surface area contributed by atoms with E-state index in [1.54, 1.807) is 45.0 Å². The summed E-state index contributed by atoms with van der Waals surface area (Å²) in [5.41, 5.74) is 1.04. The minimum absolute atomic E-state index is 0.201. The summed E-state index contributed by atoms with van der Waals surface area (Å²) in [6, 6.07) is 6.76. The molecule has 1 aromatic rings. The summed E-state index contributed by atoms with van der Waals surface area (Å²) < 4.78 is 23.5. The van der Waals surface area contributed by atoms with Gasteiger partial charge in [-0.2, -0.15) is 0 Å². The van der Waals surface area contributed by atoms with Gasteiger partial charge in [-0.25, -0.2) is 8.42 Å². The van der Waals surface area contributed by atoms with Crippen LogP contribution in [0.5, 0.6) is 0 Å². The van der Waals surface area contributed by atoms with Crippen molar-refractivity contribution in [3.05, 3.63) is 29.8 Å². The Morgan fingerprint density at radius 3 is 2.43 bits per heavy atom. The summed E-state index contributed by atoms with van der Waals surface area (Å²) in [6.07, 6.45) is 0.271. The highest BCUT2D eigenvalue weighted by Crippen LogP contribution is 2.35. The van der Waals surface area contributed by atoms with E-state index in [2.05, 4.69) is 0 Å². The zero-order chi connectivity index (χ0) is 17.4. The van der Waals surface area contributed by atoms with Gasteiger partial charge in [0.25, 0.3) is 0 Å². The molecule has 0 saturated heterocycles. The average Bonchev–Trinajstić information content (AvgIpc) is 2.44. The number of carbonyl (C=O) groups is 2. The molecule has 0 aliphatic carbocycles. The first-order chi connectivity index (χ1) is 10.5. The second-order valence-corrected chi connectivity index (χ2v) is 9.40. The maximum absolute atomic E-state index is 12.5. The van der Waals surface area contributed by atoms with Crippen molar-refractivity contribution in [2.24, 2.45) is 0 Å². The number of nitrogens with zero attached hydrogens (tertiary/aromatic N) is 1. The quantitative estimate of drug-likeness (QED) is 0.906. The number of anilines is 1. The number of carbonyl (C=O) groups excluding carboxylic acids is 1. The van der Waals surface area contributed by atoms with Crippen LogP contribution in [0.2, 0.25) is 0 Å². The lowest BCUT2D eigenvalue weighted by molar-refractivity contribution is -0.139. The van der Waals surface area contributed by atoms with E-state index in [0.717, 1.165) is 0 Å². The van der Waals surface area contributed by atoms with Gasteiger partial charge >= 0.3 is 5.97 Å². The second kappa shape index (κ2) is 5.96. The van der Waals surface area contributed by atoms with Crippen LogP contribution in [0.15, 0.2) is 24.3 Å². The Morgan fingerprint density at radius 1 is 1.26 bits per heavy atom. The van der Waals surface area contributed by atoms with Gasteiger partial charge in [0.1, 0.15) is 5.75 Å². The molecule has 126 valence electrons. The van der Waals surface area contributed by atoms with E-state index >= 15 is 0 Å². The SMILES string of the molecule is CC(C)(C)S(=O)(=O)CC(=O)N1CCC(C(=O)O)c2ccccc21.